The van der Waals surface area contributed by atoms with Gasteiger partial charge in [-0.25, -0.2) is 0 Å². The number of ether oxygens (including phenoxy) is 1. The SMILES string of the molecule is O=C(OC1CCCN1)C1CCCN1. The van der Waals surface area contributed by atoms with Crippen LogP contribution >= 0.6 is 0 Å². The van der Waals surface area contributed by atoms with Crippen LogP contribution in [0, 0.1) is 0 Å². The van der Waals surface area contributed by atoms with Crippen molar-refractivity contribution in [2.24, 2.45) is 0 Å². The summed E-state index contributed by atoms with van der Waals surface area (Å²) in [5, 5.41) is 6.27. The average molecular weight is 184 g/mol. The van der Waals surface area contributed by atoms with Crippen molar-refractivity contribution in [2.45, 2.75) is 38.0 Å². The first-order chi connectivity index (χ1) is 6.36. The summed E-state index contributed by atoms with van der Waals surface area (Å²) >= 11 is 0. The molecule has 2 aliphatic rings. The van der Waals surface area contributed by atoms with Crippen molar-refractivity contribution in [1.82, 2.24) is 10.6 Å². The number of carbonyl (C=O) groups excluding carboxylic acids is 1. The average Bonchev–Trinajstić information content (AvgIpc) is 2.74. The molecule has 0 bridgehead atoms. The van der Waals surface area contributed by atoms with Crippen LogP contribution in [0.2, 0.25) is 0 Å². The fraction of sp³-hybridized carbons (Fsp3) is 0.889. The van der Waals surface area contributed by atoms with Crippen LogP contribution in [0.15, 0.2) is 0 Å². The number of hydrogen-bond acceptors (Lipinski definition) is 4. The highest BCUT2D eigenvalue weighted by Gasteiger charge is 2.26. The number of hydrogen-bond donors (Lipinski definition) is 2. The van der Waals surface area contributed by atoms with E-state index in [0.717, 1.165) is 38.8 Å². The van der Waals surface area contributed by atoms with E-state index >= 15 is 0 Å². The molecule has 2 rings (SSSR count). The molecule has 0 radical (unpaired) electrons. The third kappa shape index (κ3) is 2.19. The van der Waals surface area contributed by atoms with E-state index in [2.05, 4.69) is 10.6 Å². The van der Waals surface area contributed by atoms with Gasteiger partial charge in [0.15, 0.2) is 6.23 Å². The second kappa shape index (κ2) is 4.07. The number of rotatable bonds is 2. The first kappa shape index (κ1) is 8.97. The largest absolute Gasteiger partial charge is 0.445 e. The summed E-state index contributed by atoms with van der Waals surface area (Å²) in [5.74, 6) is -0.0862. The lowest BCUT2D eigenvalue weighted by atomic mass is 10.2. The fourth-order valence-electron chi connectivity index (χ4n) is 1.86. The van der Waals surface area contributed by atoms with Crippen LogP contribution in [0.3, 0.4) is 0 Å². The number of nitrogens with one attached hydrogen (secondary N) is 2. The van der Waals surface area contributed by atoms with Gasteiger partial charge < -0.3 is 10.1 Å². The number of carbonyl (C=O) groups is 1. The Kier molecular flexibility index (Phi) is 2.80. The summed E-state index contributed by atoms with van der Waals surface area (Å²) < 4.78 is 5.28. The highest BCUT2D eigenvalue weighted by molar-refractivity contribution is 5.76. The molecule has 0 amide bonds. The molecule has 2 N–H and O–H groups in total. The predicted molar refractivity (Wildman–Crippen MR) is 48.1 cm³/mol. The van der Waals surface area contributed by atoms with Crippen molar-refractivity contribution >= 4 is 5.97 Å². The minimum Gasteiger partial charge on any atom is -0.445 e. The van der Waals surface area contributed by atoms with E-state index < -0.39 is 0 Å². The molecule has 0 aromatic heterocycles. The van der Waals surface area contributed by atoms with Gasteiger partial charge in [-0.05, 0) is 38.8 Å². The topological polar surface area (TPSA) is 50.4 Å². The quantitative estimate of drug-likeness (QED) is 0.593. The predicted octanol–water partition coefficient (Wildman–Crippen LogP) is -0.00890. The van der Waals surface area contributed by atoms with E-state index in [1.807, 2.05) is 0 Å². The third-order valence-corrected chi connectivity index (χ3v) is 2.62. The Balaban J connectivity index is 1.76. The lowest BCUT2D eigenvalue weighted by molar-refractivity contribution is -0.151. The molecule has 2 fully saturated rings. The van der Waals surface area contributed by atoms with E-state index in [0.29, 0.717) is 0 Å². The van der Waals surface area contributed by atoms with Crippen LogP contribution < -0.4 is 10.6 Å². The van der Waals surface area contributed by atoms with E-state index in [1.54, 1.807) is 0 Å². The Hall–Kier alpha value is -0.610. The molecule has 0 aromatic rings. The molecule has 2 aliphatic heterocycles. The molecule has 74 valence electrons. The molecular weight excluding hydrogens is 168 g/mol. The highest BCUT2D eigenvalue weighted by atomic mass is 16.6. The van der Waals surface area contributed by atoms with Crippen LogP contribution in [-0.2, 0) is 9.53 Å². The first-order valence-electron chi connectivity index (χ1n) is 5.03. The maximum Gasteiger partial charge on any atom is 0.324 e. The maximum atomic E-state index is 11.5. The summed E-state index contributed by atoms with van der Waals surface area (Å²) in [6, 6.07) is -0.0533. The Labute approximate surface area is 78.0 Å². The van der Waals surface area contributed by atoms with Gasteiger partial charge in [0.1, 0.15) is 6.04 Å². The zero-order valence-corrected chi connectivity index (χ0v) is 7.71. The first-order valence-corrected chi connectivity index (χ1v) is 5.03. The molecular formula is C9H16N2O2. The molecule has 0 spiro atoms. The molecule has 0 aliphatic carbocycles. The van der Waals surface area contributed by atoms with E-state index in [9.17, 15) is 4.79 Å². The van der Waals surface area contributed by atoms with Gasteiger partial charge in [0.25, 0.3) is 0 Å². The molecule has 13 heavy (non-hydrogen) atoms. The van der Waals surface area contributed by atoms with Gasteiger partial charge in [-0.15, -0.1) is 0 Å². The van der Waals surface area contributed by atoms with Crippen molar-refractivity contribution in [1.29, 1.82) is 0 Å². The molecule has 4 nitrogen and oxygen atoms in total. The van der Waals surface area contributed by atoms with Crippen molar-refractivity contribution < 1.29 is 9.53 Å². The lowest BCUT2D eigenvalue weighted by Gasteiger charge is -2.15. The molecule has 2 heterocycles. The van der Waals surface area contributed by atoms with Gasteiger partial charge in [-0.3, -0.25) is 10.1 Å². The Morgan fingerprint density at radius 2 is 1.92 bits per heavy atom. The van der Waals surface area contributed by atoms with Gasteiger partial charge >= 0.3 is 5.97 Å². The van der Waals surface area contributed by atoms with Crippen LogP contribution in [0.4, 0.5) is 0 Å². The molecule has 2 unspecified atom stereocenters. The molecule has 4 heteroatoms. The summed E-state index contributed by atoms with van der Waals surface area (Å²) in [6.45, 7) is 1.91. The van der Waals surface area contributed by atoms with Crippen LogP contribution in [0.1, 0.15) is 25.7 Å². The molecule has 0 saturated carbocycles. The van der Waals surface area contributed by atoms with Gasteiger partial charge in [0.05, 0.1) is 0 Å². The smallest absolute Gasteiger partial charge is 0.324 e. The monoisotopic (exact) mass is 184 g/mol. The standard InChI is InChI=1S/C9H16N2O2/c12-9(7-3-1-5-10-7)13-8-4-2-6-11-8/h7-8,10-11H,1-6H2. The Bertz CT molecular complexity index is 184. The Morgan fingerprint density at radius 1 is 1.15 bits per heavy atom. The second-order valence-electron chi connectivity index (χ2n) is 3.67. The summed E-state index contributed by atoms with van der Waals surface area (Å²) in [5.41, 5.74) is 0. The van der Waals surface area contributed by atoms with E-state index in [4.69, 9.17) is 4.74 Å². The second-order valence-corrected chi connectivity index (χ2v) is 3.67. The minimum atomic E-state index is -0.0862. The summed E-state index contributed by atoms with van der Waals surface area (Å²) in [6.07, 6.45) is 4.03. The molecule has 0 aromatic carbocycles. The zero-order chi connectivity index (χ0) is 9.10. The third-order valence-electron chi connectivity index (χ3n) is 2.62. The molecule has 2 saturated heterocycles. The van der Waals surface area contributed by atoms with Crippen molar-refractivity contribution in [3.05, 3.63) is 0 Å². The minimum absolute atomic E-state index is 0.0325. The lowest BCUT2D eigenvalue weighted by Crippen LogP contribution is -2.37. The van der Waals surface area contributed by atoms with Gasteiger partial charge in [0.2, 0.25) is 0 Å². The maximum absolute atomic E-state index is 11.5. The van der Waals surface area contributed by atoms with Crippen molar-refractivity contribution in [3.8, 4) is 0 Å². The van der Waals surface area contributed by atoms with E-state index in [-0.39, 0.29) is 18.2 Å². The zero-order valence-electron chi connectivity index (χ0n) is 7.71. The normalized spacial score (nSPS) is 33.5. The van der Waals surface area contributed by atoms with Crippen molar-refractivity contribution in [3.63, 3.8) is 0 Å². The van der Waals surface area contributed by atoms with Crippen LogP contribution in [0.5, 0.6) is 0 Å². The van der Waals surface area contributed by atoms with E-state index in [1.165, 1.54) is 0 Å². The van der Waals surface area contributed by atoms with Crippen LogP contribution in [0.25, 0.3) is 0 Å². The molecule has 2 atom stereocenters. The number of esters is 1. The highest BCUT2D eigenvalue weighted by Crippen LogP contribution is 2.11. The Morgan fingerprint density at radius 3 is 2.54 bits per heavy atom. The summed E-state index contributed by atoms with van der Waals surface area (Å²) in [4.78, 5) is 11.5. The fourth-order valence-corrected chi connectivity index (χ4v) is 1.86. The van der Waals surface area contributed by atoms with Crippen molar-refractivity contribution in [2.75, 3.05) is 13.1 Å². The van der Waals surface area contributed by atoms with Crippen LogP contribution in [-0.4, -0.2) is 31.3 Å². The van der Waals surface area contributed by atoms with Gasteiger partial charge in [-0.1, -0.05) is 0 Å². The van der Waals surface area contributed by atoms with Gasteiger partial charge in [0, 0.05) is 0 Å². The van der Waals surface area contributed by atoms with Gasteiger partial charge in [-0.2, -0.15) is 0 Å². The summed E-state index contributed by atoms with van der Waals surface area (Å²) in [7, 11) is 0.